The van der Waals surface area contributed by atoms with Gasteiger partial charge < -0.3 is 10.4 Å². The third-order valence-electron chi connectivity index (χ3n) is 4.58. The molecule has 1 fully saturated rings. The monoisotopic (exact) mass is 302 g/mol. The molecule has 2 aliphatic rings. The van der Waals surface area contributed by atoms with Crippen molar-refractivity contribution in [3.05, 3.63) is 40.5 Å². The summed E-state index contributed by atoms with van der Waals surface area (Å²) in [4.78, 5) is 22.4. The fraction of sp³-hybridized carbons (Fsp3) is 0.438. The van der Waals surface area contributed by atoms with E-state index in [-0.39, 0.29) is 28.9 Å². The molecule has 2 atom stereocenters. The number of carbonyl (C=O) groups excluding carboxylic acids is 1. The Morgan fingerprint density at radius 3 is 2.41 bits per heavy atom. The van der Waals surface area contributed by atoms with Crippen LogP contribution in [-0.4, -0.2) is 15.9 Å². The Kier molecular flexibility index (Phi) is 3.83. The number of nitro groups is 1. The van der Waals surface area contributed by atoms with Gasteiger partial charge in [0.05, 0.1) is 16.7 Å². The molecule has 0 bridgehead atoms. The van der Waals surface area contributed by atoms with Gasteiger partial charge in [-0.3, -0.25) is 14.9 Å². The van der Waals surface area contributed by atoms with Crippen LogP contribution in [0.15, 0.2) is 30.4 Å². The number of benzene rings is 1. The number of rotatable bonds is 3. The van der Waals surface area contributed by atoms with Gasteiger partial charge in [-0.05, 0) is 43.6 Å². The summed E-state index contributed by atoms with van der Waals surface area (Å²) < 4.78 is 0. The molecule has 22 heavy (non-hydrogen) atoms. The molecule has 116 valence electrons. The van der Waals surface area contributed by atoms with E-state index in [1.54, 1.807) is 0 Å². The van der Waals surface area contributed by atoms with Crippen molar-refractivity contribution in [1.82, 2.24) is 0 Å². The van der Waals surface area contributed by atoms with Crippen LogP contribution >= 0.6 is 0 Å². The highest BCUT2D eigenvalue weighted by Gasteiger charge is 2.53. The van der Waals surface area contributed by atoms with Crippen molar-refractivity contribution in [3.63, 3.8) is 0 Å². The second-order valence-corrected chi connectivity index (χ2v) is 5.93. The molecule has 2 unspecified atom stereocenters. The standard InChI is InChI=1S/C16H18N2O4/c19-14-9-10(18(21)22)7-8-13(14)17-16(20)15-11-5-3-1-2-4-6-12(11)15/h1-2,7-9,11-12,15,19H,3-6H2,(H,17,20)/b2-1-. The highest BCUT2D eigenvalue weighted by atomic mass is 16.6. The SMILES string of the molecule is O=C(Nc1ccc([N+](=O)[O-])cc1O)C1C2CC/C=C\CCC21. The number of anilines is 1. The van der Waals surface area contributed by atoms with E-state index in [0.717, 1.165) is 31.7 Å². The molecule has 0 heterocycles. The van der Waals surface area contributed by atoms with Gasteiger partial charge in [-0.15, -0.1) is 0 Å². The number of aromatic hydroxyl groups is 1. The predicted octanol–water partition coefficient (Wildman–Crippen LogP) is 3.23. The van der Waals surface area contributed by atoms with Gasteiger partial charge in [-0.2, -0.15) is 0 Å². The molecule has 6 heteroatoms. The quantitative estimate of drug-likeness (QED) is 0.388. The molecular weight excluding hydrogens is 284 g/mol. The molecule has 1 amide bonds. The van der Waals surface area contributed by atoms with Crippen molar-refractivity contribution in [2.24, 2.45) is 17.8 Å². The fourth-order valence-corrected chi connectivity index (χ4v) is 3.39. The molecule has 0 aliphatic heterocycles. The van der Waals surface area contributed by atoms with Gasteiger partial charge in [0.2, 0.25) is 5.91 Å². The smallest absolute Gasteiger partial charge is 0.273 e. The Labute approximate surface area is 128 Å². The fourth-order valence-electron chi connectivity index (χ4n) is 3.39. The summed E-state index contributed by atoms with van der Waals surface area (Å²) in [5.74, 6) is 0.466. The van der Waals surface area contributed by atoms with Crippen molar-refractivity contribution in [3.8, 4) is 5.75 Å². The van der Waals surface area contributed by atoms with E-state index in [0.29, 0.717) is 11.8 Å². The minimum Gasteiger partial charge on any atom is -0.506 e. The lowest BCUT2D eigenvalue weighted by atomic mass is 10.1. The number of phenolic OH excluding ortho intramolecular Hbond substituents is 1. The van der Waals surface area contributed by atoms with Gasteiger partial charge in [0.1, 0.15) is 5.75 Å². The third-order valence-corrected chi connectivity index (χ3v) is 4.58. The van der Waals surface area contributed by atoms with Crippen molar-refractivity contribution >= 4 is 17.3 Å². The van der Waals surface area contributed by atoms with Crippen LogP contribution in [0.5, 0.6) is 5.75 Å². The first-order valence-electron chi connectivity index (χ1n) is 7.51. The van der Waals surface area contributed by atoms with Crippen molar-refractivity contribution in [1.29, 1.82) is 0 Å². The maximum atomic E-state index is 12.4. The second-order valence-electron chi connectivity index (χ2n) is 5.93. The van der Waals surface area contributed by atoms with E-state index in [1.807, 2.05) is 0 Å². The third kappa shape index (κ3) is 2.81. The van der Waals surface area contributed by atoms with Gasteiger partial charge >= 0.3 is 0 Å². The zero-order valence-electron chi connectivity index (χ0n) is 12.1. The number of hydrogen-bond donors (Lipinski definition) is 2. The van der Waals surface area contributed by atoms with Gasteiger partial charge in [0.15, 0.2) is 0 Å². The van der Waals surface area contributed by atoms with Crippen molar-refractivity contribution in [2.75, 3.05) is 5.32 Å². The maximum absolute atomic E-state index is 12.4. The molecule has 2 aliphatic carbocycles. The van der Waals surface area contributed by atoms with Crippen LogP contribution < -0.4 is 5.32 Å². The van der Waals surface area contributed by atoms with E-state index in [4.69, 9.17) is 0 Å². The minimum absolute atomic E-state index is 0.00510. The van der Waals surface area contributed by atoms with Crippen LogP contribution in [0, 0.1) is 27.9 Å². The number of fused-ring (bicyclic) bond motifs is 1. The summed E-state index contributed by atoms with van der Waals surface area (Å²) in [7, 11) is 0. The van der Waals surface area contributed by atoms with Crippen LogP contribution in [0.3, 0.4) is 0 Å². The lowest BCUT2D eigenvalue weighted by Crippen LogP contribution is -2.15. The number of non-ortho nitro benzene ring substituents is 1. The molecule has 2 N–H and O–H groups in total. The first kappa shape index (κ1) is 14.6. The van der Waals surface area contributed by atoms with E-state index in [9.17, 15) is 20.0 Å². The molecule has 6 nitrogen and oxygen atoms in total. The molecule has 1 aromatic rings. The second kappa shape index (κ2) is 5.79. The van der Waals surface area contributed by atoms with E-state index < -0.39 is 4.92 Å². The lowest BCUT2D eigenvalue weighted by molar-refractivity contribution is -0.384. The molecule has 3 rings (SSSR count). The largest absolute Gasteiger partial charge is 0.506 e. The van der Waals surface area contributed by atoms with E-state index >= 15 is 0 Å². The number of allylic oxidation sites excluding steroid dienone is 2. The van der Waals surface area contributed by atoms with Gasteiger partial charge in [-0.25, -0.2) is 0 Å². The summed E-state index contributed by atoms with van der Waals surface area (Å²) in [5.41, 5.74) is 0.0302. The highest BCUT2D eigenvalue weighted by Crippen LogP contribution is 2.53. The van der Waals surface area contributed by atoms with Crippen molar-refractivity contribution in [2.45, 2.75) is 25.7 Å². The molecule has 0 spiro atoms. The Morgan fingerprint density at radius 2 is 1.86 bits per heavy atom. The summed E-state index contributed by atoms with van der Waals surface area (Å²) in [5, 5.41) is 23.2. The van der Waals surface area contributed by atoms with E-state index in [1.165, 1.54) is 12.1 Å². The first-order valence-corrected chi connectivity index (χ1v) is 7.51. The Balaban J connectivity index is 1.66. The average Bonchev–Trinajstić information content (AvgIpc) is 3.12. The van der Waals surface area contributed by atoms with E-state index in [2.05, 4.69) is 17.5 Å². The molecular formula is C16H18N2O4. The summed E-state index contributed by atoms with van der Waals surface area (Å²) >= 11 is 0. The lowest BCUT2D eigenvalue weighted by Gasteiger charge is -2.07. The number of hydrogen-bond acceptors (Lipinski definition) is 4. The Morgan fingerprint density at radius 1 is 1.23 bits per heavy atom. The normalized spacial score (nSPS) is 27.9. The topological polar surface area (TPSA) is 92.5 Å². The molecule has 0 radical (unpaired) electrons. The zero-order chi connectivity index (χ0) is 15.7. The molecule has 0 aromatic heterocycles. The van der Waals surface area contributed by atoms with Gasteiger partial charge in [-0.1, -0.05) is 12.2 Å². The maximum Gasteiger partial charge on any atom is 0.273 e. The summed E-state index contributed by atoms with van der Waals surface area (Å²) in [6.45, 7) is 0. The molecule has 1 aromatic carbocycles. The Bertz CT molecular complexity index is 625. The van der Waals surface area contributed by atoms with Crippen LogP contribution in [0.1, 0.15) is 25.7 Å². The highest BCUT2D eigenvalue weighted by molar-refractivity contribution is 5.96. The number of nitrogens with one attached hydrogen (secondary N) is 1. The first-order chi connectivity index (χ1) is 10.6. The van der Waals surface area contributed by atoms with Gasteiger partial charge in [0.25, 0.3) is 5.69 Å². The molecule has 0 saturated heterocycles. The Hall–Kier alpha value is -2.37. The minimum atomic E-state index is -0.583. The van der Waals surface area contributed by atoms with Crippen molar-refractivity contribution < 1.29 is 14.8 Å². The van der Waals surface area contributed by atoms with Crippen LogP contribution in [0.2, 0.25) is 0 Å². The van der Waals surface area contributed by atoms with Crippen LogP contribution in [0.25, 0.3) is 0 Å². The number of amides is 1. The predicted molar refractivity (Wildman–Crippen MR) is 81.5 cm³/mol. The number of carbonyl (C=O) groups is 1. The molecule has 1 saturated carbocycles. The van der Waals surface area contributed by atoms with Crippen LogP contribution in [0.4, 0.5) is 11.4 Å². The number of nitrogens with zero attached hydrogens (tertiary/aromatic N) is 1. The number of nitro benzene ring substituents is 1. The average molecular weight is 302 g/mol. The summed E-state index contributed by atoms with van der Waals surface area (Å²) in [6.07, 6.45) is 8.40. The summed E-state index contributed by atoms with van der Waals surface area (Å²) in [6, 6.07) is 3.70. The van der Waals surface area contributed by atoms with Crippen LogP contribution in [-0.2, 0) is 4.79 Å². The van der Waals surface area contributed by atoms with Gasteiger partial charge in [0, 0.05) is 12.0 Å². The number of phenols is 1. The zero-order valence-corrected chi connectivity index (χ0v) is 12.1.